The Bertz CT molecular complexity index is 848. The highest BCUT2D eigenvalue weighted by Gasteiger charge is 2.10. The highest BCUT2D eigenvalue weighted by atomic mass is 32.2. The van der Waals surface area contributed by atoms with E-state index in [2.05, 4.69) is 15.2 Å². The predicted molar refractivity (Wildman–Crippen MR) is 84.3 cm³/mol. The molecule has 3 aromatic rings. The van der Waals surface area contributed by atoms with Crippen LogP contribution in [0.25, 0.3) is 5.65 Å². The van der Waals surface area contributed by atoms with Crippen molar-refractivity contribution >= 4 is 28.7 Å². The molecule has 0 aliphatic carbocycles. The van der Waals surface area contributed by atoms with Gasteiger partial charge in [0.25, 0.3) is 0 Å². The molecule has 0 spiro atoms. The molecule has 0 saturated carbocycles. The number of hydrogen-bond acceptors (Lipinski definition) is 6. The topological polar surface area (TPSA) is 65.1 Å². The molecule has 0 saturated heterocycles. The first-order chi connectivity index (χ1) is 10.1. The number of rotatable bonds is 4. The lowest BCUT2D eigenvalue weighted by molar-refractivity contribution is 0.728. The standard InChI is InChI=1S/C13H15N5OS2/c1-8-6-11-15-16-12(18(11)10(3)14-8)20-5-4-17-9(2)7-21-13(17)19/h6-7H,4-5H2,1-3H3. The molecule has 0 fully saturated rings. The summed E-state index contributed by atoms with van der Waals surface area (Å²) in [6.45, 7) is 6.51. The van der Waals surface area contributed by atoms with Crippen molar-refractivity contribution in [1.29, 1.82) is 0 Å². The molecule has 0 N–H and O–H groups in total. The van der Waals surface area contributed by atoms with Gasteiger partial charge in [-0.05, 0) is 20.8 Å². The first kappa shape index (κ1) is 14.3. The molecule has 0 unspecified atom stereocenters. The molecule has 21 heavy (non-hydrogen) atoms. The first-order valence-corrected chi connectivity index (χ1v) is 8.40. The van der Waals surface area contributed by atoms with Gasteiger partial charge in [-0.2, -0.15) is 0 Å². The molecule has 3 heterocycles. The van der Waals surface area contributed by atoms with Gasteiger partial charge in [-0.25, -0.2) is 4.98 Å². The monoisotopic (exact) mass is 321 g/mol. The maximum Gasteiger partial charge on any atom is 0.307 e. The summed E-state index contributed by atoms with van der Waals surface area (Å²) in [7, 11) is 0. The summed E-state index contributed by atoms with van der Waals surface area (Å²) in [5.74, 6) is 1.65. The van der Waals surface area contributed by atoms with E-state index >= 15 is 0 Å². The van der Waals surface area contributed by atoms with E-state index in [9.17, 15) is 4.79 Å². The molecule has 0 atom stereocenters. The van der Waals surface area contributed by atoms with Crippen LogP contribution < -0.4 is 4.87 Å². The van der Waals surface area contributed by atoms with Crippen molar-refractivity contribution in [2.24, 2.45) is 0 Å². The number of aromatic nitrogens is 5. The van der Waals surface area contributed by atoms with Crippen LogP contribution in [0.1, 0.15) is 17.2 Å². The Hall–Kier alpha value is -1.67. The Balaban J connectivity index is 1.79. The summed E-state index contributed by atoms with van der Waals surface area (Å²) in [5.41, 5.74) is 2.75. The van der Waals surface area contributed by atoms with E-state index in [0.29, 0.717) is 6.54 Å². The van der Waals surface area contributed by atoms with Crippen LogP contribution in [0, 0.1) is 20.8 Å². The lowest BCUT2D eigenvalue weighted by atomic mass is 10.4. The summed E-state index contributed by atoms with van der Waals surface area (Å²) in [5, 5.41) is 11.1. The van der Waals surface area contributed by atoms with E-state index in [4.69, 9.17) is 0 Å². The van der Waals surface area contributed by atoms with Crippen molar-refractivity contribution in [3.8, 4) is 0 Å². The Morgan fingerprint density at radius 3 is 2.81 bits per heavy atom. The average Bonchev–Trinajstić information content (AvgIpc) is 2.96. The van der Waals surface area contributed by atoms with E-state index < -0.39 is 0 Å². The van der Waals surface area contributed by atoms with Gasteiger partial charge in [-0.1, -0.05) is 23.1 Å². The summed E-state index contributed by atoms with van der Waals surface area (Å²) in [6.07, 6.45) is 0. The number of fused-ring (bicyclic) bond motifs is 1. The molecule has 0 radical (unpaired) electrons. The zero-order chi connectivity index (χ0) is 15.0. The molecule has 0 aromatic carbocycles. The average molecular weight is 321 g/mol. The zero-order valence-electron chi connectivity index (χ0n) is 12.0. The lowest BCUT2D eigenvalue weighted by Crippen LogP contribution is -2.15. The van der Waals surface area contributed by atoms with Crippen molar-refractivity contribution in [2.45, 2.75) is 32.5 Å². The number of nitrogens with zero attached hydrogens (tertiary/aromatic N) is 5. The molecule has 3 aromatic heterocycles. The quantitative estimate of drug-likeness (QED) is 0.688. The maximum atomic E-state index is 11.7. The molecule has 0 aliphatic heterocycles. The van der Waals surface area contributed by atoms with Crippen molar-refractivity contribution < 1.29 is 0 Å². The predicted octanol–water partition coefficient (Wildman–Crippen LogP) is 2.07. The van der Waals surface area contributed by atoms with Crippen LogP contribution in [-0.4, -0.2) is 29.9 Å². The molecule has 6 nitrogen and oxygen atoms in total. The molecular formula is C13H15N5OS2. The zero-order valence-corrected chi connectivity index (χ0v) is 13.7. The van der Waals surface area contributed by atoms with Crippen molar-refractivity contribution in [3.63, 3.8) is 0 Å². The van der Waals surface area contributed by atoms with Gasteiger partial charge < -0.3 is 4.57 Å². The van der Waals surface area contributed by atoms with Gasteiger partial charge in [0.1, 0.15) is 5.82 Å². The Morgan fingerprint density at radius 2 is 2.10 bits per heavy atom. The largest absolute Gasteiger partial charge is 0.307 e. The fourth-order valence-corrected chi connectivity index (χ4v) is 3.87. The smallest absolute Gasteiger partial charge is 0.303 e. The molecule has 0 amide bonds. The third kappa shape index (κ3) is 2.73. The van der Waals surface area contributed by atoms with Crippen LogP contribution in [0.2, 0.25) is 0 Å². The molecule has 0 bridgehead atoms. The van der Waals surface area contributed by atoms with Crippen LogP contribution in [0.5, 0.6) is 0 Å². The van der Waals surface area contributed by atoms with Crippen LogP contribution in [0.15, 0.2) is 21.4 Å². The Morgan fingerprint density at radius 1 is 1.29 bits per heavy atom. The second-order valence-corrected chi connectivity index (χ2v) is 6.65. The molecule has 8 heteroatoms. The van der Waals surface area contributed by atoms with Gasteiger partial charge >= 0.3 is 4.87 Å². The van der Waals surface area contributed by atoms with Crippen LogP contribution in [0.4, 0.5) is 0 Å². The third-order valence-corrected chi connectivity index (χ3v) is 4.97. The van der Waals surface area contributed by atoms with Gasteiger partial charge in [0.15, 0.2) is 10.8 Å². The fourth-order valence-electron chi connectivity index (χ4n) is 2.20. The highest BCUT2D eigenvalue weighted by molar-refractivity contribution is 7.99. The van der Waals surface area contributed by atoms with Crippen LogP contribution in [-0.2, 0) is 6.54 Å². The second kappa shape index (κ2) is 5.61. The van der Waals surface area contributed by atoms with Gasteiger partial charge in [0.05, 0.1) is 0 Å². The molecular weight excluding hydrogens is 306 g/mol. The summed E-state index contributed by atoms with van der Waals surface area (Å²) >= 11 is 2.83. The molecule has 110 valence electrons. The van der Waals surface area contributed by atoms with Crippen LogP contribution >= 0.6 is 23.1 Å². The van der Waals surface area contributed by atoms with Gasteiger partial charge in [0, 0.05) is 35.1 Å². The number of hydrogen-bond donors (Lipinski definition) is 0. The van der Waals surface area contributed by atoms with Crippen molar-refractivity contribution in [1.82, 2.24) is 24.1 Å². The number of aryl methyl sites for hydroxylation is 3. The maximum absolute atomic E-state index is 11.7. The summed E-state index contributed by atoms with van der Waals surface area (Å²) < 4.78 is 3.73. The van der Waals surface area contributed by atoms with Crippen LogP contribution in [0.3, 0.4) is 0 Å². The minimum absolute atomic E-state index is 0.0904. The molecule has 3 rings (SSSR count). The van der Waals surface area contributed by atoms with E-state index in [0.717, 1.165) is 33.8 Å². The third-order valence-electron chi connectivity index (χ3n) is 3.18. The summed E-state index contributed by atoms with van der Waals surface area (Å²) in [4.78, 5) is 16.2. The summed E-state index contributed by atoms with van der Waals surface area (Å²) in [6, 6.07) is 1.91. The highest BCUT2D eigenvalue weighted by Crippen LogP contribution is 2.19. The van der Waals surface area contributed by atoms with Gasteiger partial charge in [-0.15, -0.1) is 10.2 Å². The van der Waals surface area contributed by atoms with Crippen molar-refractivity contribution in [2.75, 3.05) is 5.75 Å². The van der Waals surface area contributed by atoms with Crippen molar-refractivity contribution in [3.05, 3.63) is 38.3 Å². The molecule has 0 aliphatic rings. The second-order valence-electron chi connectivity index (χ2n) is 4.76. The Labute approximate surface area is 129 Å². The van der Waals surface area contributed by atoms with E-state index in [1.807, 2.05) is 36.6 Å². The fraction of sp³-hybridized carbons (Fsp3) is 0.385. The first-order valence-electron chi connectivity index (χ1n) is 6.53. The van der Waals surface area contributed by atoms with E-state index in [1.54, 1.807) is 16.3 Å². The minimum atomic E-state index is 0.0904. The normalized spacial score (nSPS) is 11.4. The van der Waals surface area contributed by atoms with E-state index in [-0.39, 0.29) is 4.87 Å². The number of thiazole rings is 1. The Kier molecular flexibility index (Phi) is 3.81. The van der Waals surface area contributed by atoms with Gasteiger partial charge in [-0.3, -0.25) is 9.20 Å². The lowest BCUT2D eigenvalue weighted by Gasteiger charge is -2.05. The SMILES string of the molecule is Cc1cc2nnc(SCCn3c(C)csc3=O)n2c(C)n1. The van der Waals surface area contributed by atoms with Gasteiger partial charge in [0.2, 0.25) is 0 Å². The number of thioether (sulfide) groups is 1. The van der Waals surface area contributed by atoms with E-state index in [1.165, 1.54) is 11.3 Å². The minimum Gasteiger partial charge on any atom is -0.303 e.